The average Bonchev–Trinajstić information content (AvgIpc) is 2.99. The van der Waals surface area contributed by atoms with Crippen LogP contribution >= 0.6 is 0 Å². The van der Waals surface area contributed by atoms with Gasteiger partial charge in [-0.05, 0) is 32.2 Å². The fourth-order valence-corrected chi connectivity index (χ4v) is 3.69. The molecule has 2 saturated heterocycles. The lowest BCUT2D eigenvalue weighted by Gasteiger charge is -2.29. The minimum absolute atomic E-state index is 0.0815. The van der Waals surface area contributed by atoms with Crippen LogP contribution in [-0.4, -0.2) is 73.6 Å². The van der Waals surface area contributed by atoms with Crippen molar-refractivity contribution in [2.75, 3.05) is 33.4 Å². The molecule has 0 radical (unpaired) electrons. The van der Waals surface area contributed by atoms with Gasteiger partial charge < -0.3 is 19.9 Å². The highest BCUT2D eigenvalue weighted by atomic mass is 16.5. The van der Waals surface area contributed by atoms with Gasteiger partial charge in [-0.25, -0.2) is 0 Å². The molecule has 0 aromatic rings. The maximum Gasteiger partial charge on any atom is 0.223 e. The number of likely N-dealkylation sites (tertiary alicyclic amines) is 1. The second-order valence-corrected chi connectivity index (χ2v) is 6.85. The fraction of sp³-hybridized carbons (Fsp3) is 0.938. The highest BCUT2D eigenvalue weighted by molar-refractivity contribution is 5.79. The van der Waals surface area contributed by atoms with Gasteiger partial charge in [0.25, 0.3) is 0 Å². The third-order valence-corrected chi connectivity index (χ3v) is 5.36. The van der Waals surface area contributed by atoms with Crippen LogP contribution in [0.3, 0.4) is 0 Å². The Morgan fingerprint density at radius 2 is 2.18 bits per heavy atom. The summed E-state index contributed by atoms with van der Waals surface area (Å²) in [5, 5.41) is 13.4. The van der Waals surface area contributed by atoms with Gasteiger partial charge in [0, 0.05) is 25.6 Å². The Balaban J connectivity index is 1.48. The summed E-state index contributed by atoms with van der Waals surface area (Å²) in [4.78, 5) is 14.4. The number of nitrogens with zero attached hydrogens (tertiary/aromatic N) is 1. The zero-order valence-electron chi connectivity index (χ0n) is 13.4. The Morgan fingerprint density at radius 3 is 2.86 bits per heavy atom. The molecule has 0 bridgehead atoms. The maximum absolute atomic E-state index is 12.0. The van der Waals surface area contributed by atoms with Crippen LogP contribution in [0.15, 0.2) is 0 Å². The highest BCUT2D eigenvalue weighted by Crippen LogP contribution is 2.27. The first-order valence-electron chi connectivity index (χ1n) is 8.52. The summed E-state index contributed by atoms with van der Waals surface area (Å²) in [6.07, 6.45) is 4.56. The van der Waals surface area contributed by atoms with Crippen LogP contribution in [-0.2, 0) is 14.3 Å². The lowest BCUT2D eigenvalue weighted by Crippen LogP contribution is -2.49. The lowest BCUT2D eigenvalue weighted by molar-refractivity contribution is -0.128. The van der Waals surface area contributed by atoms with Crippen molar-refractivity contribution in [2.24, 2.45) is 5.92 Å². The van der Waals surface area contributed by atoms with E-state index in [1.807, 2.05) is 0 Å². The standard InChI is InChI=1S/C16H28N2O4/c1-21-9-12-6-3-7-18(12)8-14-15(19)13(10-22-14)17-16(20)11-4-2-5-11/h11-15,19H,2-10H2,1H3,(H,17,20)/t12-,13+,14+,15-/m1/s1. The van der Waals surface area contributed by atoms with Crippen LogP contribution in [0.1, 0.15) is 32.1 Å². The zero-order valence-corrected chi connectivity index (χ0v) is 13.4. The molecule has 2 aliphatic heterocycles. The molecule has 2 heterocycles. The lowest BCUT2D eigenvalue weighted by atomic mass is 9.84. The van der Waals surface area contributed by atoms with Crippen molar-refractivity contribution in [3.05, 3.63) is 0 Å². The molecule has 0 unspecified atom stereocenters. The average molecular weight is 312 g/mol. The summed E-state index contributed by atoms with van der Waals surface area (Å²) in [6.45, 7) is 2.88. The number of hydrogen-bond donors (Lipinski definition) is 2. The van der Waals surface area contributed by atoms with E-state index < -0.39 is 6.10 Å². The predicted octanol–water partition coefficient (Wildman–Crippen LogP) is 0.142. The summed E-state index contributed by atoms with van der Waals surface area (Å²) >= 11 is 0. The van der Waals surface area contributed by atoms with E-state index in [0.29, 0.717) is 19.2 Å². The van der Waals surface area contributed by atoms with Gasteiger partial charge in [-0.15, -0.1) is 0 Å². The SMILES string of the molecule is COC[C@H]1CCCN1C[C@@H]1OC[C@H](NC(=O)C2CCC2)[C@H]1O. The van der Waals surface area contributed by atoms with E-state index >= 15 is 0 Å². The molecule has 3 rings (SSSR count). The summed E-state index contributed by atoms with van der Waals surface area (Å²) in [5.74, 6) is 0.230. The van der Waals surface area contributed by atoms with Gasteiger partial charge in [0.2, 0.25) is 5.91 Å². The number of nitrogens with one attached hydrogen (secondary N) is 1. The topological polar surface area (TPSA) is 71.0 Å². The third kappa shape index (κ3) is 3.45. The number of methoxy groups -OCH3 is 1. The van der Waals surface area contributed by atoms with Gasteiger partial charge in [-0.2, -0.15) is 0 Å². The van der Waals surface area contributed by atoms with E-state index in [-0.39, 0.29) is 24.0 Å². The Bertz CT molecular complexity index is 388. The van der Waals surface area contributed by atoms with E-state index in [1.54, 1.807) is 7.11 Å². The molecule has 3 fully saturated rings. The van der Waals surface area contributed by atoms with Crippen molar-refractivity contribution >= 4 is 5.91 Å². The van der Waals surface area contributed by atoms with Crippen LogP contribution in [0.25, 0.3) is 0 Å². The second kappa shape index (κ2) is 7.25. The smallest absolute Gasteiger partial charge is 0.223 e. The second-order valence-electron chi connectivity index (χ2n) is 6.85. The molecule has 126 valence electrons. The van der Waals surface area contributed by atoms with E-state index in [2.05, 4.69) is 10.2 Å². The molecule has 6 nitrogen and oxygen atoms in total. The summed E-state index contributed by atoms with van der Waals surface area (Å²) < 4.78 is 11.0. The number of carbonyl (C=O) groups excluding carboxylic acids is 1. The minimum Gasteiger partial charge on any atom is -0.388 e. The van der Waals surface area contributed by atoms with Crippen molar-refractivity contribution in [3.63, 3.8) is 0 Å². The van der Waals surface area contributed by atoms with Crippen LogP contribution in [0.5, 0.6) is 0 Å². The normalized spacial score (nSPS) is 36.5. The van der Waals surface area contributed by atoms with Crippen LogP contribution in [0.4, 0.5) is 0 Å². The highest BCUT2D eigenvalue weighted by Gasteiger charge is 2.40. The molecule has 0 aromatic carbocycles. The molecule has 4 atom stereocenters. The molecular formula is C16H28N2O4. The molecule has 1 amide bonds. The van der Waals surface area contributed by atoms with Crippen molar-refractivity contribution in [1.29, 1.82) is 0 Å². The molecule has 6 heteroatoms. The fourth-order valence-electron chi connectivity index (χ4n) is 3.69. The molecule has 0 aromatic heterocycles. The van der Waals surface area contributed by atoms with E-state index in [0.717, 1.165) is 38.8 Å². The van der Waals surface area contributed by atoms with Crippen LogP contribution in [0.2, 0.25) is 0 Å². The first kappa shape index (κ1) is 16.2. The first-order valence-corrected chi connectivity index (χ1v) is 8.52. The summed E-state index contributed by atoms with van der Waals surface area (Å²) in [7, 11) is 1.73. The van der Waals surface area contributed by atoms with Gasteiger partial charge in [-0.1, -0.05) is 6.42 Å². The molecule has 0 spiro atoms. The largest absolute Gasteiger partial charge is 0.388 e. The summed E-state index contributed by atoms with van der Waals surface area (Å²) in [5.41, 5.74) is 0. The molecule has 2 N–H and O–H groups in total. The number of rotatable bonds is 6. The quantitative estimate of drug-likeness (QED) is 0.730. The minimum atomic E-state index is -0.618. The maximum atomic E-state index is 12.0. The first-order chi connectivity index (χ1) is 10.7. The van der Waals surface area contributed by atoms with Crippen molar-refractivity contribution in [1.82, 2.24) is 10.2 Å². The van der Waals surface area contributed by atoms with Crippen LogP contribution < -0.4 is 5.32 Å². The number of aliphatic hydroxyl groups is 1. The van der Waals surface area contributed by atoms with Gasteiger partial charge in [0.1, 0.15) is 6.10 Å². The van der Waals surface area contributed by atoms with Crippen molar-refractivity contribution in [3.8, 4) is 0 Å². The Kier molecular flexibility index (Phi) is 5.33. The number of ether oxygens (including phenoxy) is 2. The third-order valence-electron chi connectivity index (χ3n) is 5.36. The van der Waals surface area contributed by atoms with Crippen LogP contribution in [0, 0.1) is 5.92 Å². The van der Waals surface area contributed by atoms with E-state index in [9.17, 15) is 9.90 Å². The summed E-state index contributed by atoms with van der Waals surface area (Å²) in [6, 6.07) is 0.158. The number of hydrogen-bond acceptors (Lipinski definition) is 5. The molecule has 3 aliphatic rings. The van der Waals surface area contributed by atoms with E-state index in [4.69, 9.17) is 9.47 Å². The van der Waals surface area contributed by atoms with Crippen molar-refractivity contribution < 1.29 is 19.4 Å². The Labute approximate surface area is 132 Å². The molecule has 1 saturated carbocycles. The van der Waals surface area contributed by atoms with E-state index in [1.165, 1.54) is 6.42 Å². The number of carbonyl (C=O) groups is 1. The molecule has 1 aliphatic carbocycles. The van der Waals surface area contributed by atoms with Gasteiger partial charge in [0.15, 0.2) is 0 Å². The van der Waals surface area contributed by atoms with Gasteiger partial charge in [-0.3, -0.25) is 9.69 Å². The van der Waals surface area contributed by atoms with Crippen molar-refractivity contribution in [2.45, 2.75) is 56.4 Å². The van der Waals surface area contributed by atoms with Gasteiger partial charge >= 0.3 is 0 Å². The number of aliphatic hydroxyl groups excluding tert-OH is 1. The monoisotopic (exact) mass is 312 g/mol. The van der Waals surface area contributed by atoms with Gasteiger partial charge in [0.05, 0.1) is 25.4 Å². The molecule has 22 heavy (non-hydrogen) atoms. The predicted molar refractivity (Wildman–Crippen MR) is 81.5 cm³/mol. The molecular weight excluding hydrogens is 284 g/mol. The Morgan fingerprint density at radius 1 is 1.36 bits per heavy atom. The Hall–Kier alpha value is -0.690. The number of amides is 1. The zero-order chi connectivity index (χ0) is 15.5.